The van der Waals surface area contributed by atoms with E-state index in [1.54, 1.807) is 19.5 Å². The summed E-state index contributed by atoms with van der Waals surface area (Å²) in [5.74, 6) is 3.05. The molecule has 0 atom stereocenters. The standard InChI is InChI=1S/C25H22N6O2S/c1-16-4-7-20(14-17(16)2)31-23(18-10-12-26-13-11-18)28-29-25(31)34-15-22-27-24(33-30-22)19-5-8-21(32-3)9-6-19/h4-14H,15H2,1-3H3. The van der Waals surface area contributed by atoms with Crippen LogP contribution in [0, 0.1) is 13.8 Å². The Kier molecular flexibility index (Phi) is 6.09. The lowest BCUT2D eigenvalue weighted by Crippen LogP contribution is -2.01. The zero-order valence-electron chi connectivity index (χ0n) is 19.0. The molecule has 8 nitrogen and oxygen atoms in total. The number of benzene rings is 2. The molecule has 2 aromatic carbocycles. The van der Waals surface area contributed by atoms with E-state index >= 15 is 0 Å². The number of aromatic nitrogens is 6. The number of hydrogen-bond donors (Lipinski definition) is 0. The summed E-state index contributed by atoms with van der Waals surface area (Å²) < 4.78 is 12.7. The predicted molar refractivity (Wildman–Crippen MR) is 130 cm³/mol. The summed E-state index contributed by atoms with van der Waals surface area (Å²) >= 11 is 1.50. The van der Waals surface area contributed by atoms with Crippen LogP contribution in [0.1, 0.15) is 17.0 Å². The van der Waals surface area contributed by atoms with Gasteiger partial charge < -0.3 is 9.26 Å². The van der Waals surface area contributed by atoms with Gasteiger partial charge in [-0.3, -0.25) is 9.55 Å². The Morgan fingerprint density at radius 1 is 0.912 bits per heavy atom. The van der Waals surface area contributed by atoms with Crippen molar-refractivity contribution in [1.82, 2.24) is 29.9 Å². The van der Waals surface area contributed by atoms with Gasteiger partial charge in [-0.1, -0.05) is 23.0 Å². The van der Waals surface area contributed by atoms with Crippen molar-refractivity contribution in [3.05, 3.63) is 83.9 Å². The van der Waals surface area contributed by atoms with E-state index in [0.29, 0.717) is 17.5 Å². The van der Waals surface area contributed by atoms with E-state index in [0.717, 1.165) is 33.5 Å². The summed E-state index contributed by atoms with van der Waals surface area (Å²) in [5.41, 5.74) is 5.20. The van der Waals surface area contributed by atoms with Gasteiger partial charge in [0.1, 0.15) is 5.75 Å². The number of nitrogens with zero attached hydrogens (tertiary/aromatic N) is 6. The van der Waals surface area contributed by atoms with E-state index in [1.165, 1.54) is 22.9 Å². The smallest absolute Gasteiger partial charge is 0.257 e. The largest absolute Gasteiger partial charge is 0.497 e. The predicted octanol–water partition coefficient (Wildman–Crippen LogP) is 5.30. The zero-order chi connectivity index (χ0) is 23.5. The van der Waals surface area contributed by atoms with Gasteiger partial charge in [0.15, 0.2) is 16.8 Å². The fourth-order valence-electron chi connectivity index (χ4n) is 3.44. The Bertz CT molecular complexity index is 1410. The summed E-state index contributed by atoms with van der Waals surface area (Å²) in [6.45, 7) is 4.20. The van der Waals surface area contributed by atoms with Crippen LogP contribution in [-0.2, 0) is 5.75 Å². The maximum absolute atomic E-state index is 5.47. The van der Waals surface area contributed by atoms with Crippen LogP contribution in [0.2, 0.25) is 0 Å². The van der Waals surface area contributed by atoms with Crippen molar-refractivity contribution in [2.45, 2.75) is 24.8 Å². The van der Waals surface area contributed by atoms with Crippen molar-refractivity contribution in [3.8, 4) is 34.3 Å². The second-order valence-electron chi connectivity index (χ2n) is 7.68. The first-order valence-electron chi connectivity index (χ1n) is 10.7. The molecule has 0 fully saturated rings. The van der Waals surface area contributed by atoms with Crippen LogP contribution in [0.4, 0.5) is 0 Å². The molecule has 0 unspecified atom stereocenters. The second kappa shape index (κ2) is 9.48. The molecule has 9 heteroatoms. The van der Waals surface area contributed by atoms with Crippen LogP contribution in [-0.4, -0.2) is 37.0 Å². The molecule has 5 aromatic rings. The fourth-order valence-corrected chi connectivity index (χ4v) is 4.24. The normalized spacial score (nSPS) is 11.0. The van der Waals surface area contributed by atoms with Crippen molar-refractivity contribution in [2.75, 3.05) is 7.11 Å². The summed E-state index contributed by atoms with van der Waals surface area (Å²) in [6, 6.07) is 17.7. The first-order chi connectivity index (χ1) is 16.6. The summed E-state index contributed by atoms with van der Waals surface area (Å²) in [5, 5.41) is 13.8. The molecule has 0 N–H and O–H groups in total. The number of ether oxygens (including phenoxy) is 1. The number of aryl methyl sites for hydroxylation is 2. The monoisotopic (exact) mass is 470 g/mol. The van der Waals surface area contributed by atoms with Gasteiger partial charge in [0, 0.05) is 23.5 Å². The minimum absolute atomic E-state index is 0.464. The Hall–Kier alpha value is -3.98. The molecule has 170 valence electrons. The Morgan fingerprint density at radius 2 is 1.71 bits per heavy atom. The van der Waals surface area contributed by atoms with E-state index in [1.807, 2.05) is 36.4 Å². The summed E-state index contributed by atoms with van der Waals surface area (Å²) in [7, 11) is 1.63. The highest BCUT2D eigenvalue weighted by molar-refractivity contribution is 7.98. The van der Waals surface area contributed by atoms with Crippen molar-refractivity contribution >= 4 is 11.8 Å². The molecule has 0 saturated heterocycles. The van der Waals surface area contributed by atoms with Gasteiger partial charge in [-0.05, 0) is 73.5 Å². The van der Waals surface area contributed by atoms with Crippen LogP contribution in [0.5, 0.6) is 5.75 Å². The van der Waals surface area contributed by atoms with E-state index in [2.05, 4.69) is 61.9 Å². The Labute approximate surface area is 201 Å². The third-order valence-electron chi connectivity index (χ3n) is 5.46. The van der Waals surface area contributed by atoms with E-state index in [-0.39, 0.29) is 0 Å². The molecular formula is C25H22N6O2S. The highest BCUT2D eigenvalue weighted by Gasteiger charge is 2.18. The lowest BCUT2D eigenvalue weighted by molar-refractivity contribution is 0.414. The van der Waals surface area contributed by atoms with Crippen LogP contribution in [0.15, 0.2) is 76.7 Å². The molecular weight excluding hydrogens is 448 g/mol. The molecule has 3 aromatic heterocycles. The Balaban J connectivity index is 1.43. The highest BCUT2D eigenvalue weighted by Crippen LogP contribution is 2.30. The maximum Gasteiger partial charge on any atom is 0.257 e. The molecule has 0 aliphatic heterocycles. The lowest BCUT2D eigenvalue weighted by Gasteiger charge is -2.12. The van der Waals surface area contributed by atoms with Crippen LogP contribution in [0.25, 0.3) is 28.5 Å². The average molecular weight is 471 g/mol. The minimum Gasteiger partial charge on any atom is -0.497 e. The van der Waals surface area contributed by atoms with E-state index < -0.39 is 0 Å². The summed E-state index contributed by atoms with van der Waals surface area (Å²) in [6.07, 6.45) is 3.50. The number of pyridine rings is 1. The van der Waals surface area contributed by atoms with Gasteiger partial charge in [-0.2, -0.15) is 4.98 Å². The zero-order valence-corrected chi connectivity index (χ0v) is 19.8. The molecule has 0 aliphatic carbocycles. The van der Waals surface area contributed by atoms with Gasteiger partial charge in [0.25, 0.3) is 5.89 Å². The SMILES string of the molecule is COc1ccc(-c2nc(CSc3nnc(-c4ccncc4)n3-c3ccc(C)c(C)c3)no2)cc1. The number of methoxy groups -OCH3 is 1. The third kappa shape index (κ3) is 4.42. The van der Waals surface area contributed by atoms with Gasteiger partial charge in [-0.15, -0.1) is 10.2 Å². The van der Waals surface area contributed by atoms with E-state index in [4.69, 9.17) is 9.26 Å². The van der Waals surface area contributed by atoms with Crippen LogP contribution in [0.3, 0.4) is 0 Å². The first-order valence-corrected chi connectivity index (χ1v) is 11.6. The molecule has 0 amide bonds. The highest BCUT2D eigenvalue weighted by atomic mass is 32.2. The van der Waals surface area contributed by atoms with Gasteiger partial charge in [-0.25, -0.2) is 0 Å². The topological polar surface area (TPSA) is 91.8 Å². The quantitative estimate of drug-likeness (QED) is 0.296. The average Bonchev–Trinajstić information content (AvgIpc) is 3.52. The van der Waals surface area contributed by atoms with Crippen molar-refractivity contribution in [3.63, 3.8) is 0 Å². The molecule has 0 spiro atoms. The van der Waals surface area contributed by atoms with Crippen LogP contribution < -0.4 is 4.74 Å². The molecule has 0 saturated carbocycles. The van der Waals surface area contributed by atoms with Crippen LogP contribution >= 0.6 is 11.8 Å². The number of hydrogen-bond acceptors (Lipinski definition) is 8. The van der Waals surface area contributed by atoms with Crippen molar-refractivity contribution < 1.29 is 9.26 Å². The summed E-state index contributed by atoms with van der Waals surface area (Å²) in [4.78, 5) is 8.66. The van der Waals surface area contributed by atoms with Crippen molar-refractivity contribution in [1.29, 1.82) is 0 Å². The fraction of sp³-hybridized carbons (Fsp3) is 0.160. The number of thioether (sulfide) groups is 1. The first kappa shape index (κ1) is 21.8. The Morgan fingerprint density at radius 3 is 2.44 bits per heavy atom. The molecule has 0 radical (unpaired) electrons. The molecule has 0 bridgehead atoms. The van der Waals surface area contributed by atoms with Gasteiger partial charge in [0.05, 0.1) is 18.6 Å². The third-order valence-corrected chi connectivity index (χ3v) is 6.38. The minimum atomic E-state index is 0.464. The van der Waals surface area contributed by atoms with Gasteiger partial charge in [0.2, 0.25) is 0 Å². The molecule has 34 heavy (non-hydrogen) atoms. The lowest BCUT2D eigenvalue weighted by atomic mass is 10.1. The molecule has 3 heterocycles. The molecule has 0 aliphatic rings. The molecule has 5 rings (SSSR count). The van der Waals surface area contributed by atoms with Crippen molar-refractivity contribution in [2.24, 2.45) is 0 Å². The van der Waals surface area contributed by atoms with Gasteiger partial charge >= 0.3 is 0 Å². The van der Waals surface area contributed by atoms with E-state index in [9.17, 15) is 0 Å². The maximum atomic E-state index is 5.47. The number of rotatable bonds is 7. The second-order valence-corrected chi connectivity index (χ2v) is 8.62.